The predicted octanol–water partition coefficient (Wildman–Crippen LogP) is -19.7. The van der Waals surface area contributed by atoms with E-state index in [1.807, 2.05) is 0 Å². The van der Waals surface area contributed by atoms with Gasteiger partial charge in [0.2, 0.25) is 29.4 Å². The van der Waals surface area contributed by atoms with Crippen molar-refractivity contribution in [2.24, 2.45) is 0 Å². The van der Waals surface area contributed by atoms with Gasteiger partial charge in [-0.3, -0.25) is 19.2 Å². The highest BCUT2D eigenvalue weighted by molar-refractivity contribution is 5.74. The molecule has 9 aliphatic heterocycles. The van der Waals surface area contributed by atoms with Crippen LogP contribution in [0.4, 0.5) is 0 Å². The van der Waals surface area contributed by atoms with Crippen LogP contribution in [-0.2, 0) is 99.7 Å². The zero-order valence-electron chi connectivity index (χ0n) is 61.0. The Morgan fingerprint density at radius 1 is 0.292 bits per heavy atom. The summed E-state index contributed by atoms with van der Waals surface area (Å²) >= 11 is 0. The first-order valence-corrected chi connectivity index (χ1v) is 36.1. The molecule has 654 valence electrons. The van der Waals surface area contributed by atoms with Crippen LogP contribution >= 0.6 is 0 Å². The van der Waals surface area contributed by atoms with Gasteiger partial charge in [-0.25, -0.2) is 0 Å². The van der Waals surface area contributed by atoms with Gasteiger partial charge in [-0.05, 0) is 6.92 Å². The van der Waals surface area contributed by atoms with Gasteiger partial charge in [-0.1, -0.05) is 0 Å². The monoisotopic (exact) mass is 1650 g/mol. The Morgan fingerprint density at radius 3 is 1.03 bits per heavy atom. The number of hydrogen-bond acceptors (Lipinski definition) is 46. The van der Waals surface area contributed by atoms with E-state index in [0.717, 1.165) is 27.7 Å². The van der Waals surface area contributed by atoms with Crippen LogP contribution in [0.5, 0.6) is 0 Å². The molecule has 9 saturated heterocycles. The Morgan fingerprint density at radius 2 is 0.611 bits per heavy atom. The number of amides is 4. The zero-order chi connectivity index (χ0) is 83.4. The van der Waals surface area contributed by atoms with Gasteiger partial charge in [0.1, 0.15) is 207 Å². The third-order valence-electron chi connectivity index (χ3n) is 20.8. The van der Waals surface area contributed by atoms with Crippen molar-refractivity contribution in [3.8, 4) is 0 Å². The van der Waals surface area contributed by atoms with Crippen LogP contribution in [0.3, 0.4) is 0 Å². The van der Waals surface area contributed by atoms with Gasteiger partial charge in [0, 0.05) is 27.7 Å². The number of rotatable bonds is 29. The summed E-state index contributed by atoms with van der Waals surface area (Å²) in [5.41, 5.74) is 0. The van der Waals surface area contributed by atoms with E-state index in [4.69, 9.17) is 80.5 Å². The highest BCUT2D eigenvalue weighted by atomic mass is 16.8. The Kier molecular flexibility index (Phi) is 33.0. The SMILES string of the molecule is CC(=O)NC1C(O)[C@H](O[C@@H]2OC(CO)[C@H](O)[C@H](O)C2O)[C@@H](CO)O[C@@H]1OC1[C@H](OCC2O[C@@H](O[C@]3(O)C(CO)O[C@@H](O[C@H]4C(CO)OC(C)C(NC(C)=O)[C@H]4O)C(NC(C)=O)[C@H]3O)C(O)[C@@H](O[C@@H]3O[C@H](CO)[C@H](O)C(O)C3O[C@@H]3OC(CO)[C@H](O[C@@H]4OC(CO)[C@H](O)[C@H](O)C4O)[C@H](O)C3NC(C)=O)[C@H]2O)OC(CO)[C@H](O)[C@@H]1O. The predicted molar refractivity (Wildman–Crippen MR) is 348 cm³/mol. The number of ether oxygens (including phenoxy) is 17. The number of nitrogens with one attached hydrogen (secondary N) is 4. The zero-order valence-corrected chi connectivity index (χ0v) is 61.0. The minimum Gasteiger partial charge on any atom is -0.394 e. The molecule has 0 aromatic carbocycles. The van der Waals surface area contributed by atoms with Crippen LogP contribution in [0.1, 0.15) is 34.6 Å². The lowest BCUT2D eigenvalue weighted by Crippen LogP contribution is -2.75. The minimum atomic E-state index is -3.59. The third-order valence-corrected chi connectivity index (χ3v) is 20.8. The van der Waals surface area contributed by atoms with Crippen molar-refractivity contribution in [1.29, 1.82) is 0 Å². The first-order chi connectivity index (χ1) is 53.4. The summed E-state index contributed by atoms with van der Waals surface area (Å²) in [5, 5.41) is 289. The summed E-state index contributed by atoms with van der Waals surface area (Å²) in [6.45, 7) is -4.84. The fraction of sp³-hybridized carbons (Fsp3) is 0.937. The number of carbonyl (C=O) groups is 4. The second-order valence-corrected chi connectivity index (χ2v) is 28.7. The summed E-state index contributed by atoms with van der Waals surface area (Å²) in [5.74, 6) is -7.18. The van der Waals surface area contributed by atoms with E-state index in [2.05, 4.69) is 21.3 Å². The van der Waals surface area contributed by atoms with Gasteiger partial charge >= 0.3 is 0 Å². The standard InChI is InChI=1S/C63H106N4O46/c1-15-29(64-16(2)76)38(85)48(24(10-72)98-15)107-57-32(67-19(5)79)54(95)63(96,28(13-75)106-57)113-60-47(94)51(110-62-53(44(91)36(83)23(9-71)102-62)112-56-31(66-18(4)78)40(87)50(26(12-74)104-56)109-59-46(93)42(89)34(81)21(7-69)100-59)37(84)27(105-60)14-97-61-52(43(90)35(82)22(8-70)101-61)111-55-30(65-17(3)77)39(86)49(25(11-73)103-55)108-58-45(92)41(88)33(80)20(6-68)99-58/h15,20-62,68-75,80-96H,6-14H2,1-5H3,(H,64,76)(H,65,77)(H,66,78)(H,67,79)/t15?,20?,21?,22?,23-,24?,25-,26?,27?,28?,29?,30?,31?,32?,33+,34+,35+,36+,37+,38-,39?,40-,41+,42+,43+,44?,45?,46?,47?,48+,49-,50+,51+,52?,53?,54-,55-,56+,57+,58+,59+,60+,61-,62+,63-/m1/s1. The molecule has 0 spiro atoms. The quantitative estimate of drug-likeness (QED) is 0.0309. The highest BCUT2D eigenvalue weighted by Crippen LogP contribution is 2.42. The van der Waals surface area contributed by atoms with Crippen LogP contribution in [0.25, 0.3) is 0 Å². The van der Waals surface area contributed by atoms with Crippen molar-refractivity contribution in [3.63, 3.8) is 0 Å². The molecule has 29 N–H and O–H groups in total. The fourth-order valence-electron chi connectivity index (χ4n) is 14.7. The largest absolute Gasteiger partial charge is 0.394 e. The molecule has 0 aromatic heterocycles. The molecule has 0 radical (unpaired) electrons. The molecule has 4 amide bonds. The topological polar surface area (TPSA) is 779 Å². The van der Waals surface area contributed by atoms with Crippen LogP contribution in [0.15, 0.2) is 0 Å². The molecule has 19 unspecified atom stereocenters. The van der Waals surface area contributed by atoms with Crippen molar-refractivity contribution < 1.29 is 227 Å². The Bertz CT molecular complexity index is 3020. The number of carbonyl (C=O) groups excluding carboxylic acids is 4. The molecular formula is C63H106N4O46. The van der Waals surface area contributed by atoms with E-state index in [1.165, 1.54) is 6.92 Å². The normalized spacial score (nSPS) is 49.3. The maximum atomic E-state index is 13.0. The molecule has 9 heterocycles. The minimum absolute atomic E-state index is 0.663. The Balaban J connectivity index is 1.06. The van der Waals surface area contributed by atoms with Gasteiger partial charge in [-0.2, -0.15) is 0 Å². The van der Waals surface area contributed by atoms with Crippen molar-refractivity contribution in [2.75, 3.05) is 59.5 Å². The van der Waals surface area contributed by atoms with Crippen LogP contribution in [0, 0.1) is 0 Å². The Hall–Kier alpha value is -3.80. The fourth-order valence-corrected chi connectivity index (χ4v) is 14.7. The lowest BCUT2D eigenvalue weighted by molar-refractivity contribution is -0.442. The van der Waals surface area contributed by atoms with Gasteiger partial charge in [-0.15, -0.1) is 0 Å². The smallest absolute Gasteiger partial charge is 0.226 e. The summed E-state index contributed by atoms with van der Waals surface area (Å²) in [6.07, 6.45) is -83.9. The third kappa shape index (κ3) is 20.1. The van der Waals surface area contributed by atoms with Gasteiger partial charge < -0.3 is 229 Å². The average molecular weight is 1660 g/mol. The maximum Gasteiger partial charge on any atom is 0.226 e. The molecule has 113 heavy (non-hydrogen) atoms. The van der Waals surface area contributed by atoms with Gasteiger partial charge in [0.25, 0.3) is 0 Å². The van der Waals surface area contributed by atoms with E-state index >= 15 is 0 Å². The lowest BCUT2D eigenvalue weighted by Gasteiger charge is -2.53. The van der Waals surface area contributed by atoms with E-state index in [1.54, 1.807) is 0 Å². The molecule has 0 aliphatic carbocycles. The molecule has 0 saturated carbocycles. The van der Waals surface area contributed by atoms with Crippen LogP contribution in [-0.4, -0.2) is 486 Å². The van der Waals surface area contributed by atoms with Crippen molar-refractivity contribution >= 4 is 23.6 Å². The molecule has 0 bridgehead atoms. The molecule has 9 fully saturated rings. The molecule has 50 heteroatoms. The highest BCUT2D eigenvalue weighted by Gasteiger charge is 2.64. The molecule has 9 rings (SSSR count). The maximum absolute atomic E-state index is 13.0. The van der Waals surface area contributed by atoms with E-state index in [9.17, 15) is 147 Å². The number of hydrogen-bond donors (Lipinski definition) is 29. The van der Waals surface area contributed by atoms with Gasteiger partial charge in [0.05, 0.1) is 71.6 Å². The van der Waals surface area contributed by atoms with E-state index < -0.39 is 359 Å². The molecule has 9 aliphatic rings. The van der Waals surface area contributed by atoms with E-state index in [-0.39, 0.29) is 0 Å². The van der Waals surface area contributed by atoms with Crippen LogP contribution in [0.2, 0.25) is 0 Å². The molecule has 45 atom stereocenters. The van der Waals surface area contributed by atoms with Gasteiger partial charge in [0.15, 0.2) is 50.3 Å². The number of aliphatic hydroxyl groups excluding tert-OH is 24. The summed E-state index contributed by atoms with van der Waals surface area (Å²) in [6, 6.07) is -7.30. The summed E-state index contributed by atoms with van der Waals surface area (Å²) in [4.78, 5) is 51.1. The van der Waals surface area contributed by atoms with E-state index in [0.29, 0.717) is 0 Å². The van der Waals surface area contributed by atoms with Crippen molar-refractivity contribution in [1.82, 2.24) is 21.3 Å². The second kappa shape index (κ2) is 40.1. The first-order valence-electron chi connectivity index (χ1n) is 36.1. The summed E-state index contributed by atoms with van der Waals surface area (Å²) < 4.78 is 101. The molecule has 50 nitrogen and oxygen atoms in total. The molecule has 0 aromatic rings. The second-order valence-electron chi connectivity index (χ2n) is 28.7. The Labute approximate surface area is 640 Å². The average Bonchev–Trinajstić information content (AvgIpc) is 0.738. The lowest BCUT2D eigenvalue weighted by atomic mass is 9.90. The first kappa shape index (κ1) is 93.1. The summed E-state index contributed by atoms with van der Waals surface area (Å²) in [7, 11) is 0. The van der Waals surface area contributed by atoms with Crippen molar-refractivity contribution in [3.05, 3.63) is 0 Å². The number of aliphatic hydroxyl groups is 25. The van der Waals surface area contributed by atoms with Crippen LogP contribution < -0.4 is 21.3 Å². The van der Waals surface area contributed by atoms with Crippen molar-refractivity contribution in [2.45, 2.75) is 310 Å². The molecular weight excluding hydrogens is 1550 g/mol.